The molecule has 0 atom stereocenters. The number of likely N-dealkylation sites (tertiary alicyclic amines) is 1. The van der Waals surface area contributed by atoms with Gasteiger partial charge in [0.2, 0.25) is 10.0 Å². The Morgan fingerprint density at radius 3 is 2.52 bits per heavy atom. The lowest BCUT2D eigenvalue weighted by Gasteiger charge is -2.36. The Bertz CT molecular complexity index is 683. The Kier molecular flexibility index (Phi) is 6.07. The molecular formula is C16H23IN2O3S. The van der Waals surface area contributed by atoms with Gasteiger partial charge in [0.15, 0.2) is 0 Å². The molecule has 1 amide bonds. The molecule has 1 saturated heterocycles. The molecule has 1 heterocycles. The highest BCUT2D eigenvalue weighted by Crippen LogP contribution is 2.22. The van der Waals surface area contributed by atoms with Crippen molar-refractivity contribution in [2.24, 2.45) is 0 Å². The molecule has 0 spiro atoms. The van der Waals surface area contributed by atoms with Gasteiger partial charge in [-0.15, -0.1) is 0 Å². The minimum atomic E-state index is -3.17. The van der Waals surface area contributed by atoms with E-state index in [1.54, 1.807) is 14.0 Å². The smallest absolute Gasteiger partial charge is 0.254 e. The molecule has 23 heavy (non-hydrogen) atoms. The number of hydrogen-bond donors (Lipinski definition) is 0. The van der Waals surface area contributed by atoms with Gasteiger partial charge < -0.3 is 4.90 Å². The van der Waals surface area contributed by atoms with Crippen molar-refractivity contribution in [2.45, 2.75) is 32.7 Å². The van der Waals surface area contributed by atoms with Crippen LogP contribution in [0.3, 0.4) is 0 Å². The Balaban J connectivity index is 2.04. The van der Waals surface area contributed by atoms with Crippen LogP contribution in [0.15, 0.2) is 18.2 Å². The summed E-state index contributed by atoms with van der Waals surface area (Å²) in [7, 11) is -1.53. The maximum absolute atomic E-state index is 12.7. The minimum absolute atomic E-state index is 0.0134. The molecule has 5 nitrogen and oxygen atoms in total. The zero-order valence-electron chi connectivity index (χ0n) is 13.8. The fourth-order valence-electron chi connectivity index (χ4n) is 2.84. The molecule has 1 fully saturated rings. The van der Waals surface area contributed by atoms with E-state index in [2.05, 4.69) is 22.6 Å². The molecule has 1 aromatic rings. The second-order valence-corrected chi connectivity index (χ2v) is 9.40. The number of rotatable bonds is 4. The second kappa shape index (κ2) is 7.48. The van der Waals surface area contributed by atoms with Crippen molar-refractivity contribution < 1.29 is 13.2 Å². The highest BCUT2D eigenvalue weighted by atomic mass is 127. The number of amides is 1. The van der Waals surface area contributed by atoms with Crippen LogP contribution in [0.1, 0.15) is 35.7 Å². The SMILES string of the molecule is CCS(=O)(=O)N(C)C1CCN(C(=O)c2cc(C)ccc2I)CC1. The van der Waals surface area contributed by atoms with Gasteiger partial charge in [0, 0.05) is 29.7 Å². The molecule has 1 aliphatic heterocycles. The largest absolute Gasteiger partial charge is 0.338 e. The molecule has 128 valence electrons. The number of piperidine rings is 1. The van der Waals surface area contributed by atoms with E-state index in [0.717, 1.165) is 14.7 Å². The van der Waals surface area contributed by atoms with Crippen molar-refractivity contribution in [3.63, 3.8) is 0 Å². The molecule has 2 rings (SSSR count). The van der Waals surface area contributed by atoms with Crippen LogP contribution in [0.2, 0.25) is 0 Å². The molecule has 0 saturated carbocycles. The number of benzene rings is 1. The van der Waals surface area contributed by atoms with E-state index in [1.807, 2.05) is 30.0 Å². The lowest BCUT2D eigenvalue weighted by Crippen LogP contribution is -2.47. The van der Waals surface area contributed by atoms with Gasteiger partial charge in [-0.2, -0.15) is 0 Å². The van der Waals surface area contributed by atoms with Crippen LogP contribution in [0, 0.1) is 10.5 Å². The van der Waals surface area contributed by atoms with Gasteiger partial charge in [0.05, 0.1) is 11.3 Å². The summed E-state index contributed by atoms with van der Waals surface area (Å²) in [5.41, 5.74) is 1.80. The molecule has 1 aromatic carbocycles. The topological polar surface area (TPSA) is 57.7 Å². The van der Waals surface area contributed by atoms with Gasteiger partial charge in [0.25, 0.3) is 5.91 Å². The fourth-order valence-corrected chi connectivity index (χ4v) is 4.48. The number of carbonyl (C=O) groups excluding carboxylic acids is 1. The monoisotopic (exact) mass is 450 g/mol. The number of nitrogens with zero attached hydrogens (tertiary/aromatic N) is 2. The van der Waals surface area contributed by atoms with E-state index in [-0.39, 0.29) is 17.7 Å². The zero-order chi connectivity index (χ0) is 17.2. The summed E-state index contributed by atoms with van der Waals surface area (Å²) in [6.45, 7) is 4.82. The lowest BCUT2D eigenvalue weighted by atomic mass is 10.0. The molecule has 0 aromatic heterocycles. The first-order valence-electron chi connectivity index (χ1n) is 7.77. The van der Waals surface area contributed by atoms with E-state index in [9.17, 15) is 13.2 Å². The van der Waals surface area contributed by atoms with Gasteiger partial charge >= 0.3 is 0 Å². The van der Waals surface area contributed by atoms with Crippen LogP contribution in [0.25, 0.3) is 0 Å². The minimum Gasteiger partial charge on any atom is -0.338 e. The standard InChI is InChI=1S/C16H23IN2O3S/c1-4-23(21,22)18(3)13-7-9-19(10-8-13)16(20)14-11-12(2)5-6-15(14)17/h5-6,11,13H,4,7-10H2,1-3H3. The van der Waals surface area contributed by atoms with Crippen molar-refractivity contribution in [1.82, 2.24) is 9.21 Å². The highest BCUT2D eigenvalue weighted by Gasteiger charge is 2.30. The number of halogens is 1. The molecule has 7 heteroatoms. The average Bonchev–Trinajstić information content (AvgIpc) is 2.55. The Labute approximate surface area is 152 Å². The molecule has 0 N–H and O–H groups in total. The van der Waals surface area contributed by atoms with Crippen LogP contribution in [-0.4, -0.2) is 55.5 Å². The Hall–Kier alpha value is -0.670. The number of aryl methyl sites for hydroxylation is 1. The summed E-state index contributed by atoms with van der Waals surface area (Å²) in [6, 6.07) is 5.86. The first-order valence-corrected chi connectivity index (χ1v) is 10.5. The van der Waals surface area contributed by atoms with Gasteiger partial charge in [-0.1, -0.05) is 11.6 Å². The summed E-state index contributed by atoms with van der Waals surface area (Å²) in [5.74, 6) is 0.155. The van der Waals surface area contributed by atoms with E-state index < -0.39 is 10.0 Å². The van der Waals surface area contributed by atoms with Crippen molar-refractivity contribution in [2.75, 3.05) is 25.9 Å². The summed E-state index contributed by atoms with van der Waals surface area (Å²) in [6.07, 6.45) is 1.37. The normalized spacial score (nSPS) is 16.8. The first kappa shape index (κ1) is 18.7. The van der Waals surface area contributed by atoms with Crippen molar-refractivity contribution >= 4 is 38.5 Å². The van der Waals surface area contributed by atoms with Crippen molar-refractivity contribution in [3.8, 4) is 0 Å². The second-order valence-electron chi connectivity index (χ2n) is 5.92. The number of hydrogen-bond acceptors (Lipinski definition) is 3. The quantitative estimate of drug-likeness (QED) is 0.663. The Morgan fingerprint density at radius 1 is 1.35 bits per heavy atom. The number of sulfonamides is 1. The molecule has 0 radical (unpaired) electrons. The predicted octanol–water partition coefficient (Wildman–Crippen LogP) is 2.49. The first-order chi connectivity index (χ1) is 10.8. The third-order valence-electron chi connectivity index (χ3n) is 4.42. The highest BCUT2D eigenvalue weighted by molar-refractivity contribution is 14.1. The molecular weight excluding hydrogens is 427 g/mol. The van der Waals surface area contributed by atoms with E-state index in [0.29, 0.717) is 25.9 Å². The van der Waals surface area contributed by atoms with E-state index >= 15 is 0 Å². The maximum Gasteiger partial charge on any atom is 0.254 e. The predicted molar refractivity (Wildman–Crippen MR) is 100 cm³/mol. The third-order valence-corrected chi connectivity index (χ3v) is 7.27. The average molecular weight is 450 g/mol. The third kappa shape index (κ3) is 4.24. The lowest BCUT2D eigenvalue weighted by molar-refractivity contribution is 0.0685. The van der Waals surface area contributed by atoms with Crippen molar-refractivity contribution in [3.05, 3.63) is 32.9 Å². The van der Waals surface area contributed by atoms with Gasteiger partial charge in [-0.05, 0) is 61.4 Å². The van der Waals surface area contributed by atoms with Crippen LogP contribution in [-0.2, 0) is 10.0 Å². The van der Waals surface area contributed by atoms with Crippen LogP contribution in [0.5, 0.6) is 0 Å². The van der Waals surface area contributed by atoms with Gasteiger partial charge in [-0.25, -0.2) is 12.7 Å². The van der Waals surface area contributed by atoms with Gasteiger partial charge in [-0.3, -0.25) is 4.79 Å². The van der Waals surface area contributed by atoms with E-state index in [4.69, 9.17) is 0 Å². The number of carbonyl (C=O) groups is 1. The zero-order valence-corrected chi connectivity index (χ0v) is 16.7. The van der Waals surface area contributed by atoms with Crippen LogP contribution >= 0.6 is 22.6 Å². The van der Waals surface area contributed by atoms with Crippen molar-refractivity contribution in [1.29, 1.82) is 0 Å². The molecule has 0 unspecified atom stereocenters. The molecule has 1 aliphatic rings. The Morgan fingerprint density at radius 2 is 1.96 bits per heavy atom. The fraction of sp³-hybridized carbons (Fsp3) is 0.562. The summed E-state index contributed by atoms with van der Waals surface area (Å²) >= 11 is 2.18. The van der Waals surface area contributed by atoms with Crippen LogP contribution in [0.4, 0.5) is 0 Å². The molecule has 0 bridgehead atoms. The summed E-state index contributed by atoms with van der Waals surface area (Å²) in [4.78, 5) is 14.5. The summed E-state index contributed by atoms with van der Waals surface area (Å²) < 4.78 is 26.4. The summed E-state index contributed by atoms with van der Waals surface area (Å²) in [5, 5.41) is 0. The van der Waals surface area contributed by atoms with Gasteiger partial charge in [0.1, 0.15) is 0 Å². The van der Waals surface area contributed by atoms with E-state index in [1.165, 1.54) is 4.31 Å². The van der Waals surface area contributed by atoms with Crippen LogP contribution < -0.4 is 0 Å². The molecule has 0 aliphatic carbocycles. The maximum atomic E-state index is 12.7.